The highest BCUT2D eigenvalue weighted by Gasteiger charge is 2.25. The number of nitrogens with one attached hydrogen (secondary N) is 1. The standard InChI is InChI=1S/C24H32N4O2.HI/c1-19-7-3-5-9-21(19)23-18-28(13-16-30-23)24(25-2)26-17-20-8-4-6-10-22(20)27-11-14-29-15-12-27;/h3-10,23H,11-18H2,1-2H3,(H,25,26);1H. The van der Waals surface area contributed by atoms with Crippen LogP contribution in [0.5, 0.6) is 0 Å². The molecule has 31 heavy (non-hydrogen) atoms. The average Bonchev–Trinajstić information content (AvgIpc) is 2.81. The van der Waals surface area contributed by atoms with Gasteiger partial charge in [-0.2, -0.15) is 0 Å². The fourth-order valence-corrected chi connectivity index (χ4v) is 4.26. The minimum absolute atomic E-state index is 0. The van der Waals surface area contributed by atoms with E-state index < -0.39 is 0 Å². The van der Waals surface area contributed by atoms with Crippen molar-refractivity contribution in [3.63, 3.8) is 0 Å². The number of hydrogen-bond acceptors (Lipinski definition) is 4. The topological polar surface area (TPSA) is 49.3 Å². The first-order valence-electron chi connectivity index (χ1n) is 10.8. The molecule has 6 nitrogen and oxygen atoms in total. The van der Waals surface area contributed by atoms with Crippen molar-refractivity contribution < 1.29 is 9.47 Å². The van der Waals surface area contributed by atoms with Crippen LogP contribution >= 0.6 is 24.0 Å². The van der Waals surface area contributed by atoms with Gasteiger partial charge in [0.25, 0.3) is 0 Å². The number of benzene rings is 2. The van der Waals surface area contributed by atoms with Crippen LogP contribution in [0.15, 0.2) is 53.5 Å². The lowest BCUT2D eigenvalue weighted by atomic mass is 10.0. The van der Waals surface area contributed by atoms with E-state index in [2.05, 4.69) is 75.6 Å². The normalized spacial score (nSPS) is 19.7. The van der Waals surface area contributed by atoms with Crippen LogP contribution in [0.4, 0.5) is 5.69 Å². The van der Waals surface area contributed by atoms with Crippen molar-refractivity contribution in [2.24, 2.45) is 4.99 Å². The van der Waals surface area contributed by atoms with Gasteiger partial charge in [0.1, 0.15) is 6.10 Å². The summed E-state index contributed by atoms with van der Waals surface area (Å²) in [5.74, 6) is 0.925. The van der Waals surface area contributed by atoms with Gasteiger partial charge in [-0.3, -0.25) is 4.99 Å². The molecule has 168 valence electrons. The zero-order valence-corrected chi connectivity index (χ0v) is 20.7. The van der Waals surface area contributed by atoms with E-state index >= 15 is 0 Å². The van der Waals surface area contributed by atoms with Gasteiger partial charge in [0.05, 0.1) is 26.4 Å². The Labute approximate surface area is 202 Å². The zero-order chi connectivity index (χ0) is 20.8. The van der Waals surface area contributed by atoms with Gasteiger partial charge in [-0.05, 0) is 29.7 Å². The first kappa shape index (κ1) is 23.8. The highest BCUT2D eigenvalue weighted by atomic mass is 127. The molecular weight excluding hydrogens is 503 g/mol. The van der Waals surface area contributed by atoms with E-state index in [1.165, 1.54) is 22.4 Å². The summed E-state index contributed by atoms with van der Waals surface area (Å²) in [4.78, 5) is 9.27. The van der Waals surface area contributed by atoms with Crippen molar-refractivity contribution >= 4 is 35.6 Å². The molecule has 0 aliphatic carbocycles. The molecule has 1 atom stereocenters. The minimum atomic E-state index is 0. The fourth-order valence-electron chi connectivity index (χ4n) is 4.26. The maximum Gasteiger partial charge on any atom is 0.194 e. The summed E-state index contributed by atoms with van der Waals surface area (Å²) in [5, 5.41) is 3.58. The lowest BCUT2D eigenvalue weighted by Crippen LogP contribution is -2.48. The van der Waals surface area contributed by atoms with Gasteiger partial charge in [0.2, 0.25) is 0 Å². The third-order valence-electron chi connectivity index (χ3n) is 5.89. The van der Waals surface area contributed by atoms with Crippen LogP contribution in [0, 0.1) is 6.92 Å². The Morgan fingerprint density at radius 3 is 2.55 bits per heavy atom. The molecule has 2 aromatic rings. The maximum absolute atomic E-state index is 6.09. The smallest absolute Gasteiger partial charge is 0.194 e. The number of para-hydroxylation sites is 1. The molecule has 2 aromatic carbocycles. The summed E-state index contributed by atoms with van der Waals surface area (Å²) in [7, 11) is 1.86. The molecule has 1 unspecified atom stereocenters. The van der Waals surface area contributed by atoms with E-state index in [1.54, 1.807) is 0 Å². The van der Waals surface area contributed by atoms with E-state index in [9.17, 15) is 0 Å². The van der Waals surface area contributed by atoms with Crippen LogP contribution in [0.25, 0.3) is 0 Å². The number of aryl methyl sites for hydroxylation is 1. The van der Waals surface area contributed by atoms with Crippen molar-refractivity contribution in [1.82, 2.24) is 10.2 Å². The first-order valence-corrected chi connectivity index (χ1v) is 10.8. The van der Waals surface area contributed by atoms with Gasteiger partial charge in [-0.25, -0.2) is 0 Å². The van der Waals surface area contributed by atoms with E-state index in [0.717, 1.165) is 51.9 Å². The maximum atomic E-state index is 6.09. The summed E-state index contributed by atoms with van der Waals surface area (Å²) in [6.07, 6.45) is 0.0686. The number of ether oxygens (including phenoxy) is 2. The van der Waals surface area contributed by atoms with E-state index in [4.69, 9.17) is 9.47 Å². The Bertz CT molecular complexity index is 870. The molecule has 0 saturated carbocycles. The third-order valence-corrected chi connectivity index (χ3v) is 5.89. The van der Waals surface area contributed by atoms with Crippen molar-refractivity contribution in [1.29, 1.82) is 0 Å². The molecule has 2 fully saturated rings. The molecule has 0 amide bonds. The average molecular weight is 536 g/mol. The second-order valence-electron chi connectivity index (χ2n) is 7.79. The van der Waals surface area contributed by atoms with Crippen molar-refractivity contribution in [2.75, 3.05) is 57.9 Å². The molecule has 7 heteroatoms. The predicted molar refractivity (Wildman–Crippen MR) is 137 cm³/mol. The lowest BCUT2D eigenvalue weighted by Gasteiger charge is -2.36. The number of morpholine rings is 2. The Morgan fingerprint density at radius 1 is 1.03 bits per heavy atom. The SMILES string of the molecule is CN=C(NCc1ccccc1N1CCOCC1)N1CCOC(c2ccccc2C)C1.I. The van der Waals surface area contributed by atoms with Gasteiger partial charge < -0.3 is 24.6 Å². The minimum Gasteiger partial charge on any atom is -0.378 e. The lowest BCUT2D eigenvalue weighted by molar-refractivity contribution is -0.00833. The second-order valence-corrected chi connectivity index (χ2v) is 7.79. The molecule has 4 rings (SSSR count). The fraction of sp³-hybridized carbons (Fsp3) is 0.458. The van der Waals surface area contributed by atoms with Gasteiger partial charge in [-0.15, -0.1) is 24.0 Å². The molecular formula is C24H33IN4O2. The zero-order valence-electron chi connectivity index (χ0n) is 18.4. The number of hydrogen-bond donors (Lipinski definition) is 1. The number of anilines is 1. The van der Waals surface area contributed by atoms with Gasteiger partial charge in [0, 0.05) is 38.9 Å². The Kier molecular flexibility index (Phi) is 8.98. The summed E-state index contributed by atoms with van der Waals surface area (Å²) in [6, 6.07) is 17.1. The highest BCUT2D eigenvalue weighted by molar-refractivity contribution is 14.0. The van der Waals surface area contributed by atoms with Crippen LogP contribution in [0.3, 0.4) is 0 Å². The second kappa shape index (κ2) is 11.7. The van der Waals surface area contributed by atoms with E-state index in [0.29, 0.717) is 6.61 Å². The van der Waals surface area contributed by atoms with Gasteiger partial charge in [-0.1, -0.05) is 42.5 Å². The van der Waals surface area contributed by atoms with Crippen molar-refractivity contribution in [3.05, 3.63) is 65.2 Å². The predicted octanol–water partition coefficient (Wildman–Crippen LogP) is 3.60. The molecule has 0 radical (unpaired) electrons. The Morgan fingerprint density at radius 2 is 1.77 bits per heavy atom. The van der Waals surface area contributed by atoms with Gasteiger partial charge >= 0.3 is 0 Å². The molecule has 2 heterocycles. The molecule has 2 saturated heterocycles. The molecule has 0 spiro atoms. The van der Waals surface area contributed by atoms with Crippen LogP contribution in [0.1, 0.15) is 22.8 Å². The van der Waals surface area contributed by atoms with Crippen LogP contribution < -0.4 is 10.2 Å². The summed E-state index contributed by atoms with van der Waals surface area (Å²) < 4.78 is 11.6. The van der Waals surface area contributed by atoms with Crippen LogP contribution in [0.2, 0.25) is 0 Å². The number of rotatable bonds is 4. The number of halogens is 1. The van der Waals surface area contributed by atoms with Crippen molar-refractivity contribution in [3.8, 4) is 0 Å². The van der Waals surface area contributed by atoms with E-state index in [1.807, 2.05) is 7.05 Å². The van der Waals surface area contributed by atoms with E-state index in [-0.39, 0.29) is 30.1 Å². The van der Waals surface area contributed by atoms with Crippen LogP contribution in [-0.2, 0) is 16.0 Å². The molecule has 2 aliphatic rings. The largest absolute Gasteiger partial charge is 0.378 e. The molecule has 0 bridgehead atoms. The number of nitrogens with zero attached hydrogens (tertiary/aromatic N) is 3. The number of aliphatic imine (C=N–C) groups is 1. The Balaban J connectivity index is 0.00000272. The third kappa shape index (κ3) is 5.90. The molecule has 2 aliphatic heterocycles. The summed E-state index contributed by atoms with van der Waals surface area (Å²) in [5.41, 5.74) is 5.09. The Hall–Kier alpha value is -1.84. The quantitative estimate of drug-likeness (QED) is 0.368. The number of guanidine groups is 1. The molecule has 0 aromatic heterocycles. The van der Waals surface area contributed by atoms with Gasteiger partial charge in [0.15, 0.2) is 5.96 Å². The molecule has 1 N–H and O–H groups in total. The summed E-state index contributed by atoms with van der Waals surface area (Å²) in [6.45, 7) is 8.68. The van der Waals surface area contributed by atoms with Crippen LogP contribution in [-0.4, -0.2) is 63.9 Å². The summed E-state index contributed by atoms with van der Waals surface area (Å²) >= 11 is 0. The first-order chi connectivity index (χ1) is 14.8. The highest BCUT2D eigenvalue weighted by Crippen LogP contribution is 2.25. The monoisotopic (exact) mass is 536 g/mol. The van der Waals surface area contributed by atoms with Crippen molar-refractivity contribution in [2.45, 2.75) is 19.6 Å².